The molecule has 0 saturated carbocycles. The topological polar surface area (TPSA) is 9.23 Å². The second kappa shape index (κ2) is 10.2. The molecule has 0 saturated heterocycles. The number of benzene rings is 4. The highest BCUT2D eigenvalue weighted by atomic mass is 79.9. The van der Waals surface area contributed by atoms with Gasteiger partial charge in [0.05, 0.1) is 8.95 Å². The van der Waals surface area contributed by atoms with Gasteiger partial charge in [0, 0.05) is 29.0 Å². The van der Waals surface area contributed by atoms with E-state index < -0.39 is 0 Å². The maximum Gasteiger partial charge on any atom is 0.150 e. The zero-order valence-corrected chi connectivity index (χ0v) is 25.1. The summed E-state index contributed by atoms with van der Waals surface area (Å²) in [6.07, 6.45) is 0. The van der Waals surface area contributed by atoms with Gasteiger partial charge in [0.25, 0.3) is 0 Å². The molecule has 0 bridgehead atoms. The molecule has 0 fully saturated rings. The molecular weight excluding hydrogens is 784 g/mol. The zero-order valence-electron chi connectivity index (χ0n) is 15.6. The summed E-state index contributed by atoms with van der Waals surface area (Å²) in [5.41, 5.74) is 4.04. The van der Waals surface area contributed by atoms with E-state index in [1.807, 2.05) is 36.4 Å². The first-order valence-electron chi connectivity index (χ1n) is 9.02. The summed E-state index contributed by atoms with van der Waals surface area (Å²) in [4.78, 5) is 0. The number of halogens is 6. The van der Waals surface area contributed by atoms with Crippen molar-refractivity contribution < 1.29 is 4.74 Å². The fourth-order valence-corrected chi connectivity index (χ4v) is 6.11. The molecule has 0 aromatic heterocycles. The Morgan fingerprint density at radius 3 is 1.16 bits per heavy atom. The van der Waals surface area contributed by atoms with E-state index in [2.05, 4.69) is 132 Å². The Bertz CT molecular complexity index is 1160. The van der Waals surface area contributed by atoms with Crippen LogP contribution in [0.4, 0.5) is 0 Å². The Kier molecular flexibility index (Phi) is 7.82. The Morgan fingerprint density at radius 1 is 0.452 bits per heavy atom. The molecule has 0 aliphatic heterocycles. The van der Waals surface area contributed by atoms with Crippen molar-refractivity contribution >= 4 is 95.6 Å². The summed E-state index contributed by atoms with van der Waals surface area (Å²) in [5, 5.41) is 0. The van der Waals surface area contributed by atoms with Crippen LogP contribution in [0.3, 0.4) is 0 Å². The van der Waals surface area contributed by atoms with Crippen LogP contribution in [0, 0.1) is 0 Å². The van der Waals surface area contributed by atoms with Gasteiger partial charge in [-0.1, -0.05) is 60.7 Å². The predicted octanol–water partition coefficient (Wildman–Crippen LogP) is 11.4. The molecule has 31 heavy (non-hydrogen) atoms. The molecule has 0 amide bonds. The lowest BCUT2D eigenvalue weighted by Crippen LogP contribution is -1.96. The highest BCUT2D eigenvalue weighted by Crippen LogP contribution is 2.51. The van der Waals surface area contributed by atoms with E-state index in [0.29, 0.717) is 11.5 Å². The van der Waals surface area contributed by atoms with Crippen molar-refractivity contribution in [3.05, 3.63) is 99.6 Å². The molecule has 7 heteroatoms. The number of ether oxygens (including phenoxy) is 1. The van der Waals surface area contributed by atoms with Crippen LogP contribution in [0.5, 0.6) is 11.5 Å². The SMILES string of the molecule is Brc1cc(-c2ccccc2)c(Oc2c(-c3ccccc3)cc(Br)c(Br)c2Br)c(Br)c1Br. The second-order valence-corrected chi connectivity index (χ2v) is 11.4. The summed E-state index contributed by atoms with van der Waals surface area (Å²) in [5.74, 6) is 1.43. The number of hydrogen-bond acceptors (Lipinski definition) is 1. The monoisotopic (exact) mass is 790 g/mol. The van der Waals surface area contributed by atoms with E-state index in [9.17, 15) is 0 Å². The van der Waals surface area contributed by atoms with Gasteiger partial charge in [0.15, 0.2) is 11.5 Å². The van der Waals surface area contributed by atoms with Gasteiger partial charge < -0.3 is 4.74 Å². The Balaban J connectivity index is 1.97. The van der Waals surface area contributed by atoms with Gasteiger partial charge in [-0.2, -0.15) is 0 Å². The third kappa shape index (κ3) is 4.92. The van der Waals surface area contributed by atoms with E-state index >= 15 is 0 Å². The molecule has 4 rings (SSSR count). The molecule has 0 atom stereocenters. The van der Waals surface area contributed by atoms with Gasteiger partial charge in [0.1, 0.15) is 0 Å². The largest absolute Gasteiger partial charge is 0.454 e. The van der Waals surface area contributed by atoms with Crippen LogP contribution in [0.25, 0.3) is 22.3 Å². The number of hydrogen-bond donors (Lipinski definition) is 0. The molecule has 156 valence electrons. The van der Waals surface area contributed by atoms with Crippen LogP contribution in [-0.4, -0.2) is 0 Å². The van der Waals surface area contributed by atoms with Crippen LogP contribution < -0.4 is 4.74 Å². The minimum Gasteiger partial charge on any atom is -0.454 e. The van der Waals surface area contributed by atoms with Gasteiger partial charge in [0.2, 0.25) is 0 Å². The molecule has 0 radical (unpaired) electrons. The minimum atomic E-state index is 0.716. The molecule has 0 unspecified atom stereocenters. The Morgan fingerprint density at radius 2 is 0.806 bits per heavy atom. The Labute approximate surface area is 231 Å². The smallest absolute Gasteiger partial charge is 0.150 e. The summed E-state index contributed by atoms with van der Waals surface area (Å²) in [6, 6.07) is 24.5. The average Bonchev–Trinajstić information content (AvgIpc) is 2.80. The summed E-state index contributed by atoms with van der Waals surface area (Å²) in [7, 11) is 0. The maximum atomic E-state index is 6.69. The highest BCUT2D eigenvalue weighted by Gasteiger charge is 2.22. The van der Waals surface area contributed by atoms with Crippen molar-refractivity contribution in [1.29, 1.82) is 0 Å². The quantitative estimate of drug-likeness (QED) is 0.187. The first-order chi connectivity index (χ1) is 14.9. The highest BCUT2D eigenvalue weighted by molar-refractivity contribution is 9.15. The van der Waals surface area contributed by atoms with Crippen LogP contribution in [0.1, 0.15) is 0 Å². The molecule has 0 aliphatic carbocycles. The van der Waals surface area contributed by atoms with Crippen molar-refractivity contribution in [3.8, 4) is 33.8 Å². The normalized spacial score (nSPS) is 10.9. The summed E-state index contributed by atoms with van der Waals surface area (Å²) < 4.78 is 12.0. The summed E-state index contributed by atoms with van der Waals surface area (Å²) in [6.45, 7) is 0. The maximum absolute atomic E-state index is 6.69. The fourth-order valence-electron chi connectivity index (χ4n) is 3.12. The molecule has 0 N–H and O–H groups in total. The third-order valence-corrected chi connectivity index (χ3v) is 11.1. The molecule has 0 spiro atoms. The molecule has 0 aliphatic rings. The standard InChI is InChI=1S/C24H12Br6O/c25-17-11-15(13-7-3-1-4-8-13)23(21(29)19(17)27)31-24-16(14-9-5-2-6-10-14)12-18(26)20(28)22(24)30/h1-12H. The first-order valence-corrected chi connectivity index (χ1v) is 13.8. The van der Waals surface area contributed by atoms with E-state index in [1.165, 1.54) is 0 Å². The van der Waals surface area contributed by atoms with E-state index in [4.69, 9.17) is 4.74 Å². The van der Waals surface area contributed by atoms with Crippen LogP contribution in [-0.2, 0) is 0 Å². The summed E-state index contributed by atoms with van der Waals surface area (Å²) >= 11 is 22.1. The molecule has 4 aromatic carbocycles. The number of rotatable bonds is 4. The predicted molar refractivity (Wildman–Crippen MR) is 150 cm³/mol. The van der Waals surface area contributed by atoms with Crippen molar-refractivity contribution in [2.45, 2.75) is 0 Å². The van der Waals surface area contributed by atoms with E-state index in [0.717, 1.165) is 49.1 Å². The van der Waals surface area contributed by atoms with Crippen LogP contribution in [0.2, 0.25) is 0 Å². The van der Waals surface area contributed by atoms with Crippen molar-refractivity contribution in [2.75, 3.05) is 0 Å². The van der Waals surface area contributed by atoms with Crippen molar-refractivity contribution in [3.63, 3.8) is 0 Å². The molecule has 4 aromatic rings. The Hall–Kier alpha value is -0.440. The van der Waals surface area contributed by atoms with Crippen LogP contribution >= 0.6 is 95.6 Å². The van der Waals surface area contributed by atoms with E-state index in [-0.39, 0.29) is 0 Å². The van der Waals surface area contributed by atoms with Crippen LogP contribution in [0.15, 0.2) is 99.6 Å². The molecular formula is C24H12Br6O. The molecule has 0 heterocycles. The minimum absolute atomic E-state index is 0.716. The van der Waals surface area contributed by atoms with Gasteiger partial charge in [-0.25, -0.2) is 0 Å². The van der Waals surface area contributed by atoms with Gasteiger partial charge in [-0.3, -0.25) is 0 Å². The average molecular weight is 796 g/mol. The third-order valence-electron chi connectivity index (χ3n) is 4.61. The lowest BCUT2D eigenvalue weighted by atomic mass is 10.0. The van der Waals surface area contributed by atoms with Crippen molar-refractivity contribution in [1.82, 2.24) is 0 Å². The lowest BCUT2D eigenvalue weighted by Gasteiger charge is -2.20. The van der Waals surface area contributed by atoms with E-state index in [1.54, 1.807) is 0 Å². The van der Waals surface area contributed by atoms with Gasteiger partial charge in [-0.05, 0) is 119 Å². The van der Waals surface area contributed by atoms with Crippen molar-refractivity contribution in [2.24, 2.45) is 0 Å². The zero-order chi connectivity index (χ0) is 22.1. The van der Waals surface area contributed by atoms with Gasteiger partial charge in [-0.15, -0.1) is 0 Å². The first kappa shape index (κ1) is 23.7. The second-order valence-electron chi connectivity index (χ2n) is 6.56. The fraction of sp³-hybridized carbons (Fsp3) is 0. The molecule has 1 nitrogen and oxygen atoms in total. The lowest BCUT2D eigenvalue weighted by molar-refractivity contribution is 0.479. The van der Waals surface area contributed by atoms with Gasteiger partial charge >= 0.3 is 0 Å².